The Morgan fingerprint density at radius 2 is 1.89 bits per heavy atom. The summed E-state index contributed by atoms with van der Waals surface area (Å²) >= 11 is 0. The van der Waals surface area contributed by atoms with E-state index in [0.29, 0.717) is 11.7 Å². The molecule has 0 radical (unpaired) electrons. The predicted octanol–water partition coefficient (Wildman–Crippen LogP) is 1.22. The van der Waals surface area contributed by atoms with Crippen molar-refractivity contribution >= 4 is 5.91 Å². The Morgan fingerprint density at radius 3 is 2.61 bits per heavy atom. The standard InChI is InChI=1S/C20H34N6O2/c1-14-11-24(12-15(2)28-14)13-18-5-4-10-25(18)20(27)19-16(3)26(23-22-19)17-6-8-21-9-7-17/h14-15,17-18,21H,4-13H2,1-3H3/t14-,15-,18+/m0/s1. The van der Waals surface area contributed by atoms with Gasteiger partial charge in [-0.25, -0.2) is 4.68 Å². The summed E-state index contributed by atoms with van der Waals surface area (Å²) in [7, 11) is 0. The molecule has 1 N–H and O–H groups in total. The maximum absolute atomic E-state index is 13.3. The molecule has 0 spiro atoms. The van der Waals surface area contributed by atoms with Gasteiger partial charge in [-0.1, -0.05) is 5.21 Å². The van der Waals surface area contributed by atoms with Crippen molar-refractivity contribution in [1.82, 2.24) is 30.1 Å². The van der Waals surface area contributed by atoms with Crippen molar-refractivity contribution in [3.05, 3.63) is 11.4 Å². The summed E-state index contributed by atoms with van der Waals surface area (Å²) in [4.78, 5) is 17.8. The maximum Gasteiger partial charge on any atom is 0.276 e. The Labute approximate surface area is 167 Å². The van der Waals surface area contributed by atoms with E-state index in [2.05, 4.69) is 34.4 Å². The lowest BCUT2D eigenvalue weighted by molar-refractivity contribution is -0.0715. The average molecular weight is 391 g/mol. The van der Waals surface area contributed by atoms with E-state index in [4.69, 9.17) is 4.74 Å². The molecule has 0 saturated carbocycles. The van der Waals surface area contributed by atoms with E-state index in [1.165, 1.54) is 0 Å². The van der Waals surface area contributed by atoms with Gasteiger partial charge >= 0.3 is 0 Å². The van der Waals surface area contributed by atoms with Crippen LogP contribution in [0.3, 0.4) is 0 Å². The van der Waals surface area contributed by atoms with Crippen LogP contribution in [0.2, 0.25) is 0 Å². The van der Waals surface area contributed by atoms with Crippen molar-refractivity contribution in [1.29, 1.82) is 0 Å². The highest BCUT2D eigenvalue weighted by Crippen LogP contribution is 2.25. The van der Waals surface area contributed by atoms with Crippen molar-refractivity contribution in [3.63, 3.8) is 0 Å². The molecule has 0 bridgehead atoms. The quantitative estimate of drug-likeness (QED) is 0.833. The third kappa shape index (κ3) is 4.09. The minimum absolute atomic E-state index is 0.0505. The normalized spacial score (nSPS) is 30.1. The zero-order chi connectivity index (χ0) is 19.7. The molecule has 3 aliphatic rings. The Bertz CT molecular complexity index is 676. The highest BCUT2D eigenvalue weighted by atomic mass is 16.5. The van der Waals surface area contributed by atoms with Gasteiger partial charge in [0.25, 0.3) is 5.91 Å². The molecular weight excluding hydrogens is 356 g/mol. The van der Waals surface area contributed by atoms with Crippen LogP contribution in [0.1, 0.15) is 61.8 Å². The van der Waals surface area contributed by atoms with Crippen molar-refractivity contribution in [2.24, 2.45) is 0 Å². The Kier molecular flexibility index (Phi) is 5.99. The molecule has 8 heteroatoms. The van der Waals surface area contributed by atoms with Gasteiger partial charge in [-0.05, 0) is 59.5 Å². The highest BCUT2D eigenvalue weighted by Gasteiger charge is 2.35. The Hall–Kier alpha value is -1.51. The molecule has 4 rings (SSSR count). The SMILES string of the molecule is Cc1c(C(=O)N2CCC[C@@H]2CN2C[C@H](C)O[C@@H](C)C2)nnn1C1CCNCC1. The molecule has 0 unspecified atom stereocenters. The van der Waals surface area contributed by atoms with E-state index in [1.807, 2.05) is 16.5 Å². The first-order chi connectivity index (χ1) is 13.5. The Balaban J connectivity index is 1.44. The number of carbonyl (C=O) groups excluding carboxylic acids is 1. The van der Waals surface area contributed by atoms with Crippen LogP contribution in [0.4, 0.5) is 0 Å². The zero-order valence-corrected chi connectivity index (χ0v) is 17.4. The van der Waals surface area contributed by atoms with E-state index >= 15 is 0 Å². The summed E-state index contributed by atoms with van der Waals surface area (Å²) in [6, 6.07) is 0.606. The molecule has 156 valence electrons. The Morgan fingerprint density at radius 1 is 1.18 bits per heavy atom. The molecule has 28 heavy (non-hydrogen) atoms. The number of carbonyl (C=O) groups is 1. The maximum atomic E-state index is 13.3. The smallest absolute Gasteiger partial charge is 0.276 e. The van der Waals surface area contributed by atoms with Crippen LogP contribution in [-0.2, 0) is 4.74 Å². The van der Waals surface area contributed by atoms with Gasteiger partial charge in [0, 0.05) is 32.2 Å². The number of likely N-dealkylation sites (tertiary alicyclic amines) is 1. The van der Waals surface area contributed by atoms with Gasteiger partial charge in [-0.2, -0.15) is 0 Å². The van der Waals surface area contributed by atoms with Gasteiger partial charge in [0.2, 0.25) is 0 Å². The number of nitrogens with one attached hydrogen (secondary N) is 1. The first-order valence-electron chi connectivity index (χ1n) is 10.8. The summed E-state index contributed by atoms with van der Waals surface area (Å²) in [6.07, 6.45) is 4.71. The van der Waals surface area contributed by atoms with Gasteiger partial charge in [0.15, 0.2) is 5.69 Å². The number of piperidine rings is 1. The number of morpholine rings is 1. The fourth-order valence-corrected chi connectivity index (χ4v) is 5.10. The summed E-state index contributed by atoms with van der Waals surface area (Å²) in [5.41, 5.74) is 1.45. The van der Waals surface area contributed by atoms with Gasteiger partial charge < -0.3 is 15.0 Å². The fraction of sp³-hybridized carbons (Fsp3) is 0.850. The number of ether oxygens (including phenoxy) is 1. The topological polar surface area (TPSA) is 75.5 Å². The minimum atomic E-state index is 0.0505. The summed E-state index contributed by atoms with van der Waals surface area (Å²) in [5.74, 6) is 0.0505. The van der Waals surface area contributed by atoms with E-state index < -0.39 is 0 Å². The molecule has 3 atom stereocenters. The monoisotopic (exact) mass is 390 g/mol. The summed E-state index contributed by atoms with van der Waals surface area (Å²) in [5, 5.41) is 12.0. The van der Waals surface area contributed by atoms with E-state index in [9.17, 15) is 4.79 Å². The third-order valence-electron chi connectivity index (χ3n) is 6.39. The van der Waals surface area contributed by atoms with Crippen molar-refractivity contribution in [2.75, 3.05) is 39.3 Å². The molecule has 1 amide bonds. The lowest BCUT2D eigenvalue weighted by Gasteiger charge is -2.38. The lowest BCUT2D eigenvalue weighted by atomic mass is 10.1. The number of amides is 1. The van der Waals surface area contributed by atoms with Crippen molar-refractivity contribution < 1.29 is 9.53 Å². The molecule has 8 nitrogen and oxygen atoms in total. The largest absolute Gasteiger partial charge is 0.373 e. The number of hydrogen-bond donors (Lipinski definition) is 1. The molecule has 1 aromatic rings. The van der Waals surface area contributed by atoms with Crippen molar-refractivity contribution in [3.8, 4) is 0 Å². The lowest BCUT2D eigenvalue weighted by Crippen LogP contribution is -2.51. The van der Waals surface area contributed by atoms with Crippen molar-refractivity contribution in [2.45, 2.75) is 70.7 Å². The van der Waals surface area contributed by atoms with E-state index in [-0.39, 0.29) is 24.2 Å². The molecule has 0 aromatic carbocycles. The van der Waals surface area contributed by atoms with Gasteiger partial charge in [0.1, 0.15) is 0 Å². The second kappa shape index (κ2) is 8.47. The number of rotatable bonds is 4. The fourth-order valence-electron chi connectivity index (χ4n) is 5.10. The van der Waals surface area contributed by atoms with Crippen LogP contribution in [0.5, 0.6) is 0 Å². The van der Waals surface area contributed by atoms with Gasteiger partial charge in [-0.15, -0.1) is 5.10 Å². The third-order valence-corrected chi connectivity index (χ3v) is 6.39. The first-order valence-corrected chi connectivity index (χ1v) is 10.8. The molecule has 3 saturated heterocycles. The van der Waals surface area contributed by atoms with Crippen LogP contribution in [0.15, 0.2) is 0 Å². The zero-order valence-electron chi connectivity index (χ0n) is 17.4. The van der Waals surface area contributed by atoms with E-state index in [0.717, 1.165) is 70.6 Å². The molecular formula is C20H34N6O2. The minimum Gasteiger partial charge on any atom is -0.373 e. The second-order valence-corrected chi connectivity index (χ2v) is 8.72. The van der Waals surface area contributed by atoms with Crippen LogP contribution < -0.4 is 5.32 Å². The van der Waals surface area contributed by atoms with Gasteiger partial charge in [0.05, 0.1) is 23.9 Å². The molecule has 3 aliphatic heterocycles. The van der Waals surface area contributed by atoms with Crippen LogP contribution >= 0.6 is 0 Å². The van der Waals surface area contributed by atoms with Crippen LogP contribution in [0.25, 0.3) is 0 Å². The average Bonchev–Trinajstić information content (AvgIpc) is 3.28. The van der Waals surface area contributed by atoms with Crippen LogP contribution in [0, 0.1) is 6.92 Å². The highest BCUT2D eigenvalue weighted by molar-refractivity contribution is 5.93. The molecule has 0 aliphatic carbocycles. The van der Waals surface area contributed by atoms with Gasteiger partial charge in [-0.3, -0.25) is 9.69 Å². The number of hydrogen-bond acceptors (Lipinski definition) is 6. The first kappa shape index (κ1) is 19.8. The molecule has 4 heterocycles. The van der Waals surface area contributed by atoms with E-state index in [1.54, 1.807) is 0 Å². The second-order valence-electron chi connectivity index (χ2n) is 8.72. The summed E-state index contributed by atoms with van der Waals surface area (Å²) in [6.45, 7) is 11.9. The predicted molar refractivity (Wildman–Crippen MR) is 106 cm³/mol. The molecule has 3 fully saturated rings. The molecule has 1 aromatic heterocycles. The van der Waals surface area contributed by atoms with Crippen LogP contribution in [-0.4, -0.2) is 88.2 Å². The summed E-state index contributed by atoms with van der Waals surface area (Å²) < 4.78 is 7.83. The number of aromatic nitrogens is 3. The number of nitrogens with zero attached hydrogens (tertiary/aromatic N) is 5.